The van der Waals surface area contributed by atoms with Crippen LogP contribution < -0.4 is 4.90 Å². The van der Waals surface area contributed by atoms with Crippen molar-refractivity contribution in [2.24, 2.45) is 0 Å². The number of nitrogens with zero attached hydrogens (tertiary/aromatic N) is 1. The maximum atomic E-state index is 12.6. The normalized spacial score (nSPS) is 19.9. The van der Waals surface area contributed by atoms with Gasteiger partial charge < -0.3 is 4.74 Å². The largest absolute Gasteiger partial charge is 0.349 e. The zero-order valence-corrected chi connectivity index (χ0v) is 10.6. The van der Waals surface area contributed by atoms with Gasteiger partial charge in [0.1, 0.15) is 0 Å². The lowest BCUT2D eigenvalue weighted by Gasteiger charge is -2.33. The van der Waals surface area contributed by atoms with E-state index < -0.39 is 0 Å². The standard InChI is InChI=1S/C16H13NO2/c1-10-5-4-8-14-13(10)9-19-16-12-7-3-2-6-11(12)15(18)17(14)16/h2-8,16H,9H2,1H3. The molecule has 0 N–H and O–H groups in total. The zero-order chi connectivity index (χ0) is 13.0. The number of hydrogen-bond acceptors (Lipinski definition) is 2. The van der Waals surface area contributed by atoms with Crippen LogP contribution in [0.1, 0.15) is 33.3 Å². The fraction of sp³-hybridized carbons (Fsp3) is 0.188. The van der Waals surface area contributed by atoms with E-state index >= 15 is 0 Å². The second kappa shape index (κ2) is 3.68. The highest BCUT2D eigenvalue weighted by Gasteiger charge is 2.41. The molecule has 4 rings (SSSR count). The van der Waals surface area contributed by atoms with Gasteiger partial charge in [-0.1, -0.05) is 30.3 Å². The second-order valence-electron chi connectivity index (χ2n) is 5.00. The summed E-state index contributed by atoms with van der Waals surface area (Å²) in [6.07, 6.45) is -0.266. The van der Waals surface area contributed by atoms with Crippen LogP contribution in [0.3, 0.4) is 0 Å². The van der Waals surface area contributed by atoms with Gasteiger partial charge in [-0.3, -0.25) is 9.69 Å². The Bertz CT molecular complexity index is 693. The summed E-state index contributed by atoms with van der Waals surface area (Å²) in [6, 6.07) is 13.7. The summed E-state index contributed by atoms with van der Waals surface area (Å²) in [5, 5.41) is 0. The Labute approximate surface area is 111 Å². The van der Waals surface area contributed by atoms with E-state index in [0.717, 1.165) is 22.4 Å². The summed E-state index contributed by atoms with van der Waals surface area (Å²) in [7, 11) is 0. The lowest BCUT2D eigenvalue weighted by molar-refractivity contribution is 0.0316. The lowest BCUT2D eigenvalue weighted by atomic mass is 10.0. The number of hydrogen-bond donors (Lipinski definition) is 0. The van der Waals surface area contributed by atoms with E-state index in [1.807, 2.05) is 36.4 Å². The number of aryl methyl sites for hydroxylation is 1. The predicted molar refractivity (Wildman–Crippen MR) is 72.0 cm³/mol. The Balaban J connectivity index is 1.93. The average Bonchev–Trinajstić information content (AvgIpc) is 2.74. The monoisotopic (exact) mass is 251 g/mol. The number of fused-ring (bicyclic) bond motifs is 5. The third kappa shape index (κ3) is 1.33. The number of carbonyl (C=O) groups is 1. The molecule has 94 valence electrons. The van der Waals surface area contributed by atoms with Crippen molar-refractivity contribution < 1.29 is 9.53 Å². The molecule has 3 nitrogen and oxygen atoms in total. The molecule has 3 heteroatoms. The summed E-state index contributed by atoms with van der Waals surface area (Å²) >= 11 is 0. The summed E-state index contributed by atoms with van der Waals surface area (Å²) in [5.74, 6) is 0.0344. The first-order chi connectivity index (χ1) is 9.27. The van der Waals surface area contributed by atoms with Crippen molar-refractivity contribution >= 4 is 11.6 Å². The van der Waals surface area contributed by atoms with E-state index in [1.54, 1.807) is 4.90 Å². The molecule has 2 aromatic rings. The minimum Gasteiger partial charge on any atom is -0.349 e. The van der Waals surface area contributed by atoms with Crippen LogP contribution in [0.4, 0.5) is 5.69 Å². The van der Waals surface area contributed by atoms with Gasteiger partial charge in [-0.25, -0.2) is 0 Å². The average molecular weight is 251 g/mol. The molecule has 2 aromatic carbocycles. The number of benzene rings is 2. The van der Waals surface area contributed by atoms with Crippen LogP contribution in [-0.2, 0) is 11.3 Å². The van der Waals surface area contributed by atoms with E-state index in [9.17, 15) is 4.79 Å². The number of ether oxygens (including phenoxy) is 1. The number of anilines is 1. The zero-order valence-electron chi connectivity index (χ0n) is 10.6. The maximum Gasteiger partial charge on any atom is 0.261 e. The molecule has 0 aromatic heterocycles. The summed E-state index contributed by atoms with van der Waals surface area (Å²) in [5.41, 5.74) is 4.98. The van der Waals surface area contributed by atoms with Crippen LogP contribution in [0.15, 0.2) is 42.5 Å². The van der Waals surface area contributed by atoms with Crippen LogP contribution >= 0.6 is 0 Å². The van der Waals surface area contributed by atoms with Gasteiger partial charge in [0, 0.05) is 16.7 Å². The molecule has 0 saturated carbocycles. The summed E-state index contributed by atoms with van der Waals surface area (Å²) in [4.78, 5) is 14.3. The maximum absolute atomic E-state index is 12.6. The molecule has 1 atom stereocenters. The number of carbonyl (C=O) groups excluding carboxylic acids is 1. The van der Waals surface area contributed by atoms with E-state index in [1.165, 1.54) is 5.56 Å². The fourth-order valence-electron chi connectivity index (χ4n) is 2.95. The van der Waals surface area contributed by atoms with Crippen LogP contribution in [0, 0.1) is 6.92 Å². The Morgan fingerprint density at radius 2 is 2.00 bits per heavy atom. The Morgan fingerprint density at radius 1 is 1.16 bits per heavy atom. The van der Waals surface area contributed by atoms with E-state index in [4.69, 9.17) is 4.74 Å². The van der Waals surface area contributed by atoms with E-state index in [0.29, 0.717) is 6.61 Å². The molecule has 0 radical (unpaired) electrons. The molecule has 2 heterocycles. The third-order valence-corrected chi connectivity index (χ3v) is 3.94. The lowest BCUT2D eigenvalue weighted by Crippen LogP contribution is -2.33. The highest BCUT2D eigenvalue weighted by atomic mass is 16.5. The molecule has 0 spiro atoms. The van der Waals surface area contributed by atoms with E-state index in [2.05, 4.69) is 13.0 Å². The van der Waals surface area contributed by atoms with Gasteiger partial charge in [-0.15, -0.1) is 0 Å². The minimum absolute atomic E-state index is 0.0344. The highest BCUT2D eigenvalue weighted by molar-refractivity contribution is 6.11. The summed E-state index contributed by atoms with van der Waals surface area (Å²) < 4.78 is 5.91. The van der Waals surface area contributed by atoms with Crippen molar-refractivity contribution in [1.29, 1.82) is 0 Å². The quantitative estimate of drug-likeness (QED) is 0.719. The second-order valence-corrected chi connectivity index (χ2v) is 5.00. The van der Waals surface area contributed by atoms with Gasteiger partial charge in [-0.2, -0.15) is 0 Å². The molecular formula is C16H13NO2. The summed E-state index contributed by atoms with van der Waals surface area (Å²) in [6.45, 7) is 2.61. The molecule has 1 unspecified atom stereocenters. The van der Waals surface area contributed by atoms with Crippen molar-refractivity contribution in [2.45, 2.75) is 19.8 Å². The van der Waals surface area contributed by atoms with Crippen molar-refractivity contribution in [3.8, 4) is 0 Å². The number of amides is 1. The Hall–Kier alpha value is -2.13. The van der Waals surface area contributed by atoms with Gasteiger partial charge in [0.05, 0.1) is 12.3 Å². The van der Waals surface area contributed by atoms with Crippen LogP contribution in [-0.4, -0.2) is 5.91 Å². The molecule has 0 aliphatic carbocycles. The highest BCUT2D eigenvalue weighted by Crippen LogP contribution is 2.44. The predicted octanol–water partition coefficient (Wildman–Crippen LogP) is 3.18. The molecule has 0 bridgehead atoms. The van der Waals surface area contributed by atoms with Crippen molar-refractivity contribution in [2.75, 3.05) is 4.90 Å². The number of rotatable bonds is 0. The first-order valence-corrected chi connectivity index (χ1v) is 6.40. The SMILES string of the molecule is Cc1cccc2c1COC1c3ccccc3C(=O)N21. The Kier molecular flexibility index (Phi) is 2.09. The molecule has 0 saturated heterocycles. The van der Waals surface area contributed by atoms with Crippen LogP contribution in [0.25, 0.3) is 0 Å². The molecule has 0 fully saturated rings. The van der Waals surface area contributed by atoms with Crippen LogP contribution in [0.5, 0.6) is 0 Å². The van der Waals surface area contributed by atoms with Crippen molar-refractivity contribution in [3.63, 3.8) is 0 Å². The smallest absolute Gasteiger partial charge is 0.261 e. The first-order valence-electron chi connectivity index (χ1n) is 6.40. The minimum atomic E-state index is -0.266. The fourth-order valence-corrected chi connectivity index (χ4v) is 2.95. The van der Waals surface area contributed by atoms with Gasteiger partial charge in [0.15, 0.2) is 6.23 Å². The molecule has 19 heavy (non-hydrogen) atoms. The van der Waals surface area contributed by atoms with Crippen molar-refractivity contribution in [3.05, 3.63) is 64.7 Å². The van der Waals surface area contributed by atoms with Gasteiger partial charge in [0.25, 0.3) is 5.91 Å². The topological polar surface area (TPSA) is 29.5 Å². The Morgan fingerprint density at radius 3 is 2.89 bits per heavy atom. The molecule has 1 amide bonds. The molecule has 2 aliphatic rings. The van der Waals surface area contributed by atoms with E-state index in [-0.39, 0.29) is 12.1 Å². The molecule has 2 aliphatic heterocycles. The first kappa shape index (κ1) is 10.8. The van der Waals surface area contributed by atoms with Crippen molar-refractivity contribution in [1.82, 2.24) is 0 Å². The van der Waals surface area contributed by atoms with Crippen LogP contribution in [0.2, 0.25) is 0 Å². The van der Waals surface area contributed by atoms with Gasteiger partial charge in [-0.05, 0) is 24.6 Å². The van der Waals surface area contributed by atoms with Gasteiger partial charge >= 0.3 is 0 Å². The van der Waals surface area contributed by atoms with Gasteiger partial charge in [0.2, 0.25) is 0 Å². The molecular weight excluding hydrogens is 238 g/mol. The third-order valence-electron chi connectivity index (χ3n) is 3.94.